The van der Waals surface area contributed by atoms with Crippen LogP contribution in [0.4, 0.5) is 10.1 Å². The molecule has 3 aromatic carbocycles. The maximum atomic E-state index is 13.5. The molecule has 6 heteroatoms. The van der Waals surface area contributed by atoms with Crippen LogP contribution in [0.5, 0.6) is 0 Å². The highest BCUT2D eigenvalue weighted by Gasteiger charge is 2.39. The Bertz CT molecular complexity index is 1220. The summed E-state index contributed by atoms with van der Waals surface area (Å²) in [4.78, 5) is 27.8. The Morgan fingerprint density at radius 1 is 0.875 bits per heavy atom. The SMILES string of the molecule is Cc1ccc(NC2=C(c3ccc(F)cc3)C(=O)N(CCc3ccc(Cl)cc3)C2=O)cc1C. The lowest BCUT2D eigenvalue weighted by molar-refractivity contribution is -0.136. The summed E-state index contributed by atoms with van der Waals surface area (Å²) in [5.74, 6) is -1.21. The third kappa shape index (κ3) is 4.43. The van der Waals surface area contributed by atoms with Crippen LogP contribution in [0.15, 0.2) is 72.4 Å². The van der Waals surface area contributed by atoms with Crippen LogP contribution < -0.4 is 5.32 Å². The van der Waals surface area contributed by atoms with Crippen molar-refractivity contribution in [1.82, 2.24) is 4.90 Å². The van der Waals surface area contributed by atoms with Gasteiger partial charge in [-0.2, -0.15) is 0 Å². The fourth-order valence-electron chi connectivity index (χ4n) is 3.63. The number of anilines is 1. The van der Waals surface area contributed by atoms with E-state index < -0.39 is 17.6 Å². The number of nitrogens with zero attached hydrogens (tertiary/aromatic N) is 1. The van der Waals surface area contributed by atoms with Crippen molar-refractivity contribution in [2.45, 2.75) is 20.3 Å². The molecule has 0 saturated carbocycles. The minimum absolute atomic E-state index is 0.195. The van der Waals surface area contributed by atoms with Gasteiger partial charge in [0.05, 0.1) is 5.57 Å². The molecular formula is C26H22ClFN2O2. The zero-order valence-electron chi connectivity index (χ0n) is 17.8. The summed E-state index contributed by atoms with van der Waals surface area (Å²) in [6.45, 7) is 4.21. The second-order valence-electron chi connectivity index (χ2n) is 7.82. The van der Waals surface area contributed by atoms with Crippen molar-refractivity contribution >= 4 is 34.7 Å². The highest BCUT2D eigenvalue weighted by Crippen LogP contribution is 2.31. The lowest BCUT2D eigenvalue weighted by Crippen LogP contribution is -2.34. The second kappa shape index (κ2) is 8.97. The first-order valence-corrected chi connectivity index (χ1v) is 10.7. The summed E-state index contributed by atoms with van der Waals surface area (Å²) in [6.07, 6.45) is 0.502. The summed E-state index contributed by atoms with van der Waals surface area (Å²) in [6, 6.07) is 18.6. The van der Waals surface area contributed by atoms with E-state index >= 15 is 0 Å². The first-order valence-electron chi connectivity index (χ1n) is 10.3. The van der Waals surface area contributed by atoms with Crippen LogP contribution in [0.3, 0.4) is 0 Å². The summed E-state index contributed by atoms with van der Waals surface area (Å²) in [5, 5.41) is 3.77. The first-order chi connectivity index (χ1) is 15.3. The van der Waals surface area contributed by atoms with Crippen LogP contribution in [0.25, 0.3) is 5.57 Å². The summed E-state index contributed by atoms with van der Waals surface area (Å²) >= 11 is 5.94. The van der Waals surface area contributed by atoms with Crippen molar-refractivity contribution in [2.24, 2.45) is 0 Å². The van der Waals surface area contributed by atoms with Crippen LogP contribution in [0.2, 0.25) is 5.02 Å². The predicted molar refractivity (Wildman–Crippen MR) is 125 cm³/mol. The minimum atomic E-state index is -0.408. The highest BCUT2D eigenvalue weighted by atomic mass is 35.5. The number of aryl methyl sites for hydroxylation is 2. The maximum absolute atomic E-state index is 13.5. The van der Waals surface area contributed by atoms with E-state index in [4.69, 9.17) is 11.6 Å². The van der Waals surface area contributed by atoms with Gasteiger partial charge in [0.2, 0.25) is 0 Å². The van der Waals surface area contributed by atoms with Crippen LogP contribution >= 0.6 is 11.6 Å². The first kappa shape index (κ1) is 21.8. The molecule has 4 rings (SSSR count). The molecule has 2 amide bonds. The molecule has 0 spiro atoms. The number of halogens is 2. The van der Waals surface area contributed by atoms with Crippen molar-refractivity contribution in [2.75, 3.05) is 11.9 Å². The van der Waals surface area contributed by atoms with Gasteiger partial charge in [0.1, 0.15) is 11.5 Å². The fraction of sp³-hybridized carbons (Fsp3) is 0.154. The number of rotatable bonds is 6. The van der Waals surface area contributed by atoms with E-state index in [1.165, 1.54) is 29.2 Å². The predicted octanol–water partition coefficient (Wildman–Crippen LogP) is 5.53. The Hall–Kier alpha value is -3.44. The van der Waals surface area contributed by atoms with Crippen molar-refractivity contribution in [1.29, 1.82) is 0 Å². The van der Waals surface area contributed by atoms with E-state index in [0.29, 0.717) is 22.7 Å². The van der Waals surface area contributed by atoms with Gasteiger partial charge in [-0.05, 0) is 78.9 Å². The number of benzene rings is 3. The minimum Gasteiger partial charge on any atom is -0.350 e. The Morgan fingerprint density at radius 2 is 1.56 bits per heavy atom. The molecule has 1 aliphatic rings. The molecule has 0 bridgehead atoms. The third-order valence-electron chi connectivity index (χ3n) is 5.61. The zero-order chi connectivity index (χ0) is 22.8. The van der Waals surface area contributed by atoms with Crippen LogP contribution in [0.1, 0.15) is 22.3 Å². The van der Waals surface area contributed by atoms with Crippen LogP contribution in [-0.2, 0) is 16.0 Å². The molecule has 0 atom stereocenters. The number of nitrogens with one attached hydrogen (secondary N) is 1. The third-order valence-corrected chi connectivity index (χ3v) is 5.87. The van der Waals surface area contributed by atoms with Gasteiger partial charge in [-0.1, -0.05) is 41.9 Å². The molecule has 1 aliphatic heterocycles. The number of hydrogen-bond donors (Lipinski definition) is 1. The highest BCUT2D eigenvalue weighted by molar-refractivity contribution is 6.36. The summed E-state index contributed by atoms with van der Waals surface area (Å²) < 4.78 is 13.5. The van der Waals surface area contributed by atoms with Gasteiger partial charge in [-0.15, -0.1) is 0 Å². The summed E-state index contributed by atoms with van der Waals surface area (Å²) in [5.41, 5.74) is 4.80. The molecule has 0 aliphatic carbocycles. The van der Waals surface area contributed by atoms with E-state index in [1.807, 2.05) is 44.2 Å². The topological polar surface area (TPSA) is 49.4 Å². The average Bonchev–Trinajstić information content (AvgIpc) is 3.00. The molecule has 1 heterocycles. The number of carbonyl (C=O) groups is 2. The van der Waals surface area contributed by atoms with Gasteiger partial charge in [0.15, 0.2) is 0 Å². The Morgan fingerprint density at radius 3 is 2.22 bits per heavy atom. The molecule has 1 N–H and O–H groups in total. The zero-order valence-corrected chi connectivity index (χ0v) is 18.5. The van der Waals surface area contributed by atoms with Crippen molar-refractivity contribution in [3.05, 3.63) is 106 Å². The molecule has 162 valence electrons. The van der Waals surface area contributed by atoms with Gasteiger partial charge in [0.25, 0.3) is 11.8 Å². The fourth-order valence-corrected chi connectivity index (χ4v) is 3.76. The standard InChI is InChI=1S/C26H22ClFN2O2/c1-16-3-12-22(15-17(16)2)29-24-23(19-6-10-21(28)11-7-19)25(31)30(26(24)32)14-13-18-4-8-20(27)9-5-18/h3-12,15,29H,13-14H2,1-2H3. The van der Waals surface area contributed by atoms with Gasteiger partial charge in [-0.25, -0.2) is 4.39 Å². The van der Waals surface area contributed by atoms with Gasteiger partial charge in [-0.3, -0.25) is 14.5 Å². The van der Waals surface area contributed by atoms with Crippen molar-refractivity contribution < 1.29 is 14.0 Å². The van der Waals surface area contributed by atoms with E-state index in [2.05, 4.69) is 5.32 Å². The van der Waals surface area contributed by atoms with Crippen LogP contribution in [0, 0.1) is 19.7 Å². The molecular weight excluding hydrogens is 427 g/mol. The van der Waals surface area contributed by atoms with Gasteiger partial charge in [0, 0.05) is 17.3 Å². The number of imide groups is 1. The number of carbonyl (C=O) groups excluding carboxylic acids is 2. The van der Waals surface area contributed by atoms with Gasteiger partial charge < -0.3 is 5.32 Å². The van der Waals surface area contributed by atoms with Crippen molar-refractivity contribution in [3.8, 4) is 0 Å². The lowest BCUT2D eigenvalue weighted by Gasteiger charge is -2.15. The Balaban J connectivity index is 1.66. The largest absolute Gasteiger partial charge is 0.350 e. The number of amides is 2. The maximum Gasteiger partial charge on any atom is 0.278 e. The lowest BCUT2D eigenvalue weighted by atomic mass is 10.0. The van der Waals surface area contributed by atoms with E-state index in [-0.39, 0.29) is 17.8 Å². The molecule has 0 radical (unpaired) electrons. The van der Waals surface area contributed by atoms with Gasteiger partial charge >= 0.3 is 0 Å². The molecule has 0 unspecified atom stereocenters. The molecule has 0 saturated heterocycles. The molecule has 4 nitrogen and oxygen atoms in total. The summed E-state index contributed by atoms with van der Waals surface area (Å²) in [7, 11) is 0. The van der Waals surface area contributed by atoms with E-state index in [0.717, 1.165) is 16.7 Å². The van der Waals surface area contributed by atoms with E-state index in [1.54, 1.807) is 12.1 Å². The monoisotopic (exact) mass is 448 g/mol. The Kier molecular flexibility index (Phi) is 6.10. The van der Waals surface area contributed by atoms with E-state index in [9.17, 15) is 14.0 Å². The normalized spacial score (nSPS) is 13.8. The molecule has 32 heavy (non-hydrogen) atoms. The average molecular weight is 449 g/mol. The smallest absolute Gasteiger partial charge is 0.278 e. The molecule has 3 aromatic rings. The van der Waals surface area contributed by atoms with Crippen molar-refractivity contribution in [3.63, 3.8) is 0 Å². The van der Waals surface area contributed by atoms with Crippen LogP contribution in [-0.4, -0.2) is 23.3 Å². The molecule has 0 fully saturated rings. The Labute approximate surface area is 191 Å². The second-order valence-corrected chi connectivity index (χ2v) is 8.26. The molecule has 0 aromatic heterocycles. The quantitative estimate of drug-likeness (QED) is 0.504. The number of hydrogen-bond acceptors (Lipinski definition) is 3.